The lowest BCUT2D eigenvalue weighted by atomic mass is 9.95. The molecule has 1 N–H and O–H groups in total. The number of hydrogen-bond acceptors (Lipinski definition) is 8. The van der Waals surface area contributed by atoms with Gasteiger partial charge in [0, 0.05) is 15.5 Å². The van der Waals surface area contributed by atoms with E-state index in [0.717, 1.165) is 10.6 Å². The van der Waals surface area contributed by atoms with Gasteiger partial charge < -0.3 is 19.3 Å². The number of carbonyl (C=O) groups excluding carboxylic acids is 2. The summed E-state index contributed by atoms with van der Waals surface area (Å²) in [5.74, 6) is -0.925. The number of rotatable bonds is 6. The van der Waals surface area contributed by atoms with Crippen LogP contribution in [0.3, 0.4) is 0 Å². The Hall–Kier alpha value is -3.56. The van der Waals surface area contributed by atoms with E-state index in [1.54, 1.807) is 36.4 Å². The van der Waals surface area contributed by atoms with Crippen LogP contribution in [0, 0.1) is 13.8 Å². The number of methoxy groups -OCH3 is 3. The Labute approximate surface area is 211 Å². The zero-order valence-corrected chi connectivity index (χ0v) is 21.3. The van der Waals surface area contributed by atoms with Gasteiger partial charge in [-0.25, -0.2) is 4.98 Å². The second-order valence-corrected chi connectivity index (χ2v) is 9.39. The average Bonchev–Trinajstić information content (AvgIpc) is 3.32. The molecule has 4 rings (SSSR count). The first-order chi connectivity index (χ1) is 16.7. The Morgan fingerprint density at radius 2 is 1.63 bits per heavy atom. The molecular weight excluding hydrogens is 492 g/mol. The molecule has 8 nitrogen and oxygen atoms in total. The number of carbonyl (C=O) groups is 2. The molecule has 0 unspecified atom stereocenters. The van der Waals surface area contributed by atoms with Gasteiger partial charge in [-0.15, -0.1) is 11.3 Å². The molecule has 0 bridgehead atoms. The lowest BCUT2D eigenvalue weighted by Crippen LogP contribution is -2.29. The van der Waals surface area contributed by atoms with Gasteiger partial charge in [0.1, 0.15) is 5.76 Å². The van der Waals surface area contributed by atoms with Gasteiger partial charge in [0.05, 0.1) is 38.6 Å². The highest BCUT2D eigenvalue weighted by Gasteiger charge is 2.48. The fourth-order valence-electron chi connectivity index (χ4n) is 3.93. The molecule has 10 heteroatoms. The van der Waals surface area contributed by atoms with Crippen LogP contribution in [-0.4, -0.2) is 43.1 Å². The Kier molecular flexibility index (Phi) is 6.73. The van der Waals surface area contributed by atoms with Crippen molar-refractivity contribution in [2.75, 3.05) is 26.2 Å². The summed E-state index contributed by atoms with van der Waals surface area (Å²) in [6.07, 6.45) is 0. The number of ether oxygens (including phenoxy) is 3. The smallest absolute Gasteiger partial charge is 0.301 e. The summed E-state index contributed by atoms with van der Waals surface area (Å²) in [6.45, 7) is 3.71. The fourth-order valence-corrected chi connectivity index (χ4v) is 4.99. The van der Waals surface area contributed by atoms with Gasteiger partial charge >= 0.3 is 5.91 Å². The molecule has 1 saturated heterocycles. The van der Waals surface area contributed by atoms with E-state index in [4.69, 9.17) is 25.8 Å². The zero-order valence-electron chi connectivity index (χ0n) is 19.7. The van der Waals surface area contributed by atoms with Crippen LogP contribution in [0.2, 0.25) is 5.02 Å². The van der Waals surface area contributed by atoms with Gasteiger partial charge in [-0.3, -0.25) is 14.5 Å². The molecule has 0 aliphatic carbocycles. The SMILES string of the molecule is COc1cc([C@H]2C(=C(O)c3ccc(Cl)cc3)C(=O)C(=O)N2c2nc(C)c(C)s2)cc(OC)c1OC. The highest BCUT2D eigenvalue weighted by atomic mass is 35.5. The maximum absolute atomic E-state index is 13.3. The van der Waals surface area contributed by atoms with Gasteiger partial charge in [0.15, 0.2) is 16.6 Å². The first kappa shape index (κ1) is 24.6. The molecule has 3 aromatic rings. The van der Waals surface area contributed by atoms with E-state index < -0.39 is 17.7 Å². The number of anilines is 1. The number of benzene rings is 2. The summed E-state index contributed by atoms with van der Waals surface area (Å²) in [6, 6.07) is 8.64. The van der Waals surface area contributed by atoms with Crippen molar-refractivity contribution in [3.8, 4) is 17.2 Å². The van der Waals surface area contributed by atoms with Crippen molar-refractivity contribution < 1.29 is 28.9 Å². The monoisotopic (exact) mass is 514 g/mol. The number of aromatic nitrogens is 1. The van der Waals surface area contributed by atoms with Crippen molar-refractivity contribution in [2.45, 2.75) is 19.9 Å². The first-order valence-corrected chi connectivity index (χ1v) is 11.7. The van der Waals surface area contributed by atoms with Crippen LogP contribution in [0.4, 0.5) is 5.13 Å². The minimum Gasteiger partial charge on any atom is -0.507 e. The van der Waals surface area contributed by atoms with Gasteiger partial charge in [0.25, 0.3) is 5.78 Å². The van der Waals surface area contributed by atoms with Crippen LogP contribution < -0.4 is 19.1 Å². The summed E-state index contributed by atoms with van der Waals surface area (Å²) >= 11 is 7.28. The number of aliphatic hydroxyl groups excluding tert-OH is 1. The standard InChI is InChI=1S/C25H23ClN2O6S/c1-12-13(2)35-25(27-12)28-20(15-10-17(32-3)23(34-5)18(11-15)33-4)19(22(30)24(28)31)21(29)14-6-8-16(26)9-7-14/h6-11,20,29H,1-5H3/t20-/m0/s1. The summed E-state index contributed by atoms with van der Waals surface area (Å²) < 4.78 is 16.4. The van der Waals surface area contributed by atoms with E-state index >= 15 is 0 Å². The molecule has 1 aromatic heterocycles. The fraction of sp³-hybridized carbons (Fsp3) is 0.240. The number of Topliss-reactive ketones (excluding diaryl/α,β-unsaturated/α-hetero) is 1. The molecule has 35 heavy (non-hydrogen) atoms. The summed E-state index contributed by atoms with van der Waals surface area (Å²) in [7, 11) is 4.42. The van der Waals surface area contributed by atoms with Crippen LogP contribution in [0.25, 0.3) is 5.76 Å². The molecular formula is C25H23ClN2O6S. The second-order valence-electron chi connectivity index (χ2n) is 7.77. The number of hydrogen-bond donors (Lipinski definition) is 1. The molecule has 182 valence electrons. The number of aryl methyl sites for hydroxylation is 2. The third kappa shape index (κ3) is 4.21. The summed E-state index contributed by atoms with van der Waals surface area (Å²) in [4.78, 5) is 33.4. The number of aliphatic hydroxyl groups is 1. The number of thiazole rings is 1. The Balaban J connectivity index is 2.01. The molecule has 1 aliphatic heterocycles. The quantitative estimate of drug-likeness (QED) is 0.279. The van der Waals surface area contributed by atoms with Crippen LogP contribution in [0.5, 0.6) is 17.2 Å². The predicted octanol–water partition coefficient (Wildman–Crippen LogP) is 5.07. The van der Waals surface area contributed by atoms with Gasteiger partial charge in [0.2, 0.25) is 5.75 Å². The van der Waals surface area contributed by atoms with Gasteiger partial charge in [-0.2, -0.15) is 0 Å². The second kappa shape index (κ2) is 9.59. The highest BCUT2D eigenvalue weighted by Crippen LogP contribution is 2.47. The molecule has 0 saturated carbocycles. The van der Waals surface area contributed by atoms with Crippen molar-refractivity contribution in [3.63, 3.8) is 0 Å². The molecule has 1 amide bonds. The molecule has 0 spiro atoms. The normalized spacial score (nSPS) is 17.1. The molecule has 2 aromatic carbocycles. The number of amides is 1. The molecule has 2 heterocycles. The first-order valence-electron chi connectivity index (χ1n) is 10.5. The predicted molar refractivity (Wildman–Crippen MR) is 134 cm³/mol. The van der Waals surface area contributed by atoms with E-state index in [-0.39, 0.29) is 11.3 Å². The summed E-state index contributed by atoms with van der Waals surface area (Å²) in [5.41, 5.74) is 1.47. The minimum absolute atomic E-state index is 0.0860. The molecule has 1 aliphatic rings. The van der Waals surface area contributed by atoms with Gasteiger partial charge in [-0.1, -0.05) is 11.6 Å². The third-order valence-electron chi connectivity index (χ3n) is 5.79. The largest absolute Gasteiger partial charge is 0.507 e. The molecule has 1 fully saturated rings. The van der Waals surface area contributed by atoms with Crippen molar-refractivity contribution in [3.05, 3.63) is 68.7 Å². The van der Waals surface area contributed by atoms with Gasteiger partial charge in [-0.05, 0) is 55.8 Å². The summed E-state index contributed by atoms with van der Waals surface area (Å²) in [5, 5.41) is 12.1. The van der Waals surface area contributed by atoms with Crippen LogP contribution in [0.15, 0.2) is 42.0 Å². The van der Waals surface area contributed by atoms with E-state index in [0.29, 0.717) is 38.5 Å². The minimum atomic E-state index is -0.996. The molecule has 0 radical (unpaired) electrons. The van der Waals surface area contributed by atoms with Crippen LogP contribution >= 0.6 is 22.9 Å². The zero-order chi connectivity index (χ0) is 25.4. The molecule has 1 atom stereocenters. The Bertz CT molecular complexity index is 1300. The van der Waals surface area contributed by atoms with E-state index in [2.05, 4.69) is 4.98 Å². The van der Waals surface area contributed by atoms with Crippen molar-refractivity contribution in [1.29, 1.82) is 0 Å². The average molecular weight is 515 g/mol. The topological polar surface area (TPSA) is 98.2 Å². The highest BCUT2D eigenvalue weighted by molar-refractivity contribution is 7.16. The maximum Gasteiger partial charge on any atom is 0.301 e. The van der Waals surface area contributed by atoms with Crippen molar-refractivity contribution in [2.24, 2.45) is 0 Å². The van der Waals surface area contributed by atoms with Crippen LogP contribution in [-0.2, 0) is 9.59 Å². The lowest BCUT2D eigenvalue weighted by molar-refractivity contribution is -0.132. The van der Waals surface area contributed by atoms with E-state index in [1.165, 1.54) is 37.6 Å². The Morgan fingerprint density at radius 3 is 2.11 bits per heavy atom. The maximum atomic E-state index is 13.3. The van der Waals surface area contributed by atoms with E-state index in [1.807, 2.05) is 13.8 Å². The third-order valence-corrected chi connectivity index (χ3v) is 7.11. The Morgan fingerprint density at radius 1 is 1.03 bits per heavy atom. The van der Waals surface area contributed by atoms with Crippen molar-refractivity contribution >= 4 is 45.5 Å². The number of nitrogens with zero attached hydrogens (tertiary/aromatic N) is 2. The van der Waals surface area contributed by atoms with Crippen molar-refractivity contribution in [1.82, 2.24) is 4.98 Å². The lowest BCUT2D eigenvalue weighted by Gasteiger charge is -2.24. The number of halogens is 1. The van der Waals surface area contributed by atoms with Crippen LogP contribution in [0.1, 0.15) is 27.7 Å². The van der Waals surface area contributed by atoms with E-state index in [9.17, 15) is 14.7 Å². The number of ketones is 1.